The molecule has 5 amide bonds. The van der Waals surface area contributed by atoms with Crippen LogP contribution in [0.15, 0.2) is 0 Å². The Morgan fingerprint density at radius 3 is 1.44 bits per heavy atom. The Bertz CT molecular complexity index is 1920. The van der Waals surface area contributed by atoms with Crippen LogP contribution in [0.1, 0.15) is 47.5 Å². The minimum atomic E-state index is -3.21. The number of hydrogen-bond acceptors (Lipinski definition) is 25. The molecule has 0 saturated carbocycles. The van der Waals surface area contributed by atoms with Crippen LogP contribution in [0.25, 0.3) is 0 Å². The molecule has 412 valence electrons. The number of carboxylic acid groups (broad SMARTS) is 2. The molecule has 0 aromatic carbocycles. The van der Waals surface area contributed by atoms with Gasteiger partial charge in [0.15, 0.2) is 12.6 Å². The maximum absolute atomic E-state index is 13.1. The van der Waals surface area contributed by atoms with E-state index in [1.807, 2.05) is 0 Å². The Morgan fingerprint density at radius 1 is 0.583 bits per heavy atom. The topological polar surface area (TPSA) is 507 Å². The lowest BCUT2D eigenvalue weighted by molar-refractivity contribution is -0.381. The van der Waals surface area contributed by atoms with E-state index in [2.05, 4.69) is 26.6 Å². The van der Waals surface area contributed by atoms with Crippen molar-refractivity contribution in [3.8, 4) is 0 Å². The number of aliphatic hydroxyl groups is 11. The number of nitrogens with one attached hydrogen (secondary N) is 5. The van der Waals surface area contributed by atoms with Crippen LogP contribution in [0.5, 0.6) is 0 Å². The quantitative estimate of drug-likeness (QED) is 0.0507. The van der Waals surface area contributed by atoms with E-state index >= 15 is 0 Å². The van der Waals surface area contributed by atoms with Gasteiger partial charge in [-0.05, 0) is 0 Å². The molecular weight excluding hydrogens is 982 g/mol. The van der Waals surface area contributed by atoms with Crippen molar-refractivity contribution in [2.75, 3.05) is 26.3 Å². The van der Waals surface area contributed by atoms with E-state index in [9.17, 15) is 99.9 Å². The number of aliphatic hydroxyl groups excluding tert-OH is 11. The first kappa shape index (κ1) is 60.1. The molecule has 0 aromatic heterocycles. The molecule has 4 fully saturated rings. The van der Waals surface area contributed by atoms with Gasteiger partial charge < -0.3 is 126 Å². The highest BCUT2D eigenvalue weighted by Crippen LogP contribution is 2.39. The molecule has 22 atom stereocenters. The second-order valence-electron chi connectivity index (χ2n) is 17.7. The maximum Gasteiger partial charge on any atom is 0.364 e. The third kappa shape index (κ3) is 14.2. The largest absolute Gasteiger partial charge is 0.477 e. The summed E-state index contributed by atoms with van der Waals surface area (Å²) >= 11 is 0. The van der Waals surface area contributed by atoms with Gasteiger partial charge in [0.2, 0.25) is 29.5 Å². The van der Waals surface area contributed by atoms with Crippen molar-refractivity contribution in [2.45, 2.75) is 181 Å². The first-order chi connectivity index (χ1) is 33.5. The Hall–Kier alpha value is -4.43. The standard InChI is InChI=1S/C40H65N5O27/c1-12(47)41-8-19(54)26(56)32-23(43-14(3)49)17(52)6-39(70-32,37(62)63)66-11-22-29(59)31(25(35(61)67-22)45-16(5)51)69-36-30(60)34(28(58)21(10-46)68-36)72-40(38(64)65)7-18(53)24(44-15(4)50)33(71-40)27(57)20(55)9-42-13(2)48/h17-36,46,52-61H,6-11H2,1-5H3,(H,41,47)(H,42,48)(H,43,49)(H,44,50)(H,45,51)(H,62,63)(H,64,65)/t17-,18-,19+,20+,21+,22+,23+,24+,25+,26+,27+,28-,29-,30+,31+,32+,33+,34-,35?,36-,39+,40-/m0/s1. The number of amides is 5. The summed E-state index contributed by atoms with van der Waals surface area (Å²) in [7, 11) is 0. The summed E-state index contributed by atoms with van der Waals surface area (Å²) in [4.78, 5) is 85.5. The van der Waals surface area contributed by atoms with E-state index < -0.39 is 214 Å². The van der Waals surface area contributed by atoms with Crippen LogP contribution in [0.3, 0.4) is 0 Å². The normalized spacial score (nSPS) is 38.7. The van der Waals surface area contributed by atoms with Crippen LogP contribution in [0.4, 0.5) is 0 Å². The number of hydrogen-bond donors (Lipinski definition) is 18. The van der Waals surface area contributed by atoms with E-state index in [1.54, 1.807) is 0 Å². The van der Waals surface area contributed by atoms with Crippen LogP contribution in [0, 0.1) is 0 Å². The smallest absolute Gasteiger partial charge is 0.364 e. The number of carbonyl (C=O) groups excluding carboxylic acids is 5. The first-order valence-electron chi connectivity index (χ1n) is 22.3. The highest BCUT2D eigenvalue weighted by molar-refractivity contribution is 5.78. The summed E-state index contributed by atoms with van der Waals surface area (Å²) in [5, 5.41) is 154. The molecule has 18 N–H and O–H groups in total. The molecule has 0 radical (unpaired) electrons. The van der Waals surface area contributed by atoms with Crippen molar-refractivity contribution in [3.05, 3.63) is 0 Å². The molecule has 32 nitrogen and oxygen atoms in total. The minimum absolute atomic E-state index is 0.614. The van der Waals surface area contributed by atoms with Crippen molar-refractivity contribution in [1.82, 2.24) is 26.6 Å². The third-order valence-electron chi connectivity index (χ3n) is 12.1. The number of carboxylic acids is 2. The summed E-state index contributed by atoms with van der Waals surface area (Å²) in [6.45, 7) is 1.57. The Kier molecular flexibility index (Phi) is 21.0. The zero-order valence-electron chi connectivity index (χ0n) is 39.3. The molecule has 4 saturated heterocycles. The zero-order chi connectivity index (χ0) is 54.3. The first-order valence-corrected chi connectivity index (χ1v) is 22.3. The SMILES string of the molecule is CC(=O)NC[C@@H](O)[C@@H](O)[C@@H]1O[C@@](OC[C@H]2OC(O)[C@H](NC(C)=O)[C@@H](O[C@@H]3O[C@H](CO)[C@H](O)[C@H](O[C@]4(C(=O)O)C[C@H](O)[C@@H](NC(C)=O)[C@H]([C@H](O)[C@H](O)CNC(C)=O)O4)[C@H]3O)[C@H]2O)(C(=O)O)C[C@H](O)[C@H]1NC(C)=O. The van der Waals surface area contributed by atoms with Crippen LogP contribution in [-0.4, -0.2) is 268 Å². The summed E-state index contributed by atoms with van der Waals surface area (Å²) in [6.07, 6.45) is -37.9. The van der Waals surface area contributed by atoms with Gasteiger partial charge in [-0.1, -0.05) is 0 Å². The van der Waals surface area contributed by atoms with E-state index in [4.69, 9.17) is 33.2 Å². The van der Waals surface area contributed by atoms with Crippen LogP contribution in [0.2, 0.25) is 0 Å². The van der Waals surface area contributed by atoms with Crippen molar-refractivity contribution in [2.24, 2.45) is 0 Å². The second kappa shape index (κ2) is 25.2. The molecule has 4 rings (SSSR count). The lowest BCUT2D eigenvalue weighted by Crippen LogP contribution is -2.71. The summed E-state index contributed by atoms with van der Waals surface area (Å²) in [5.41, 5.74) is 0. The van der Waals surface area contributed by atoms with Crippen molar-refractivity contribution >= 4 is 41.5 Å². The molecule has 0 spiro atoms. The molecule has 4 aliphatic heterocycles. The average molecular weight is 1050 g/mol. The fourth-order valence-electron chi connectivity index (χ4n) is 8.57. The predicted molar refractivity (Wildman–Crippen MR) is 226 cm³/mol. The van der Waals surface area contributed by atoms with Gasteiger partial charge in [-0.25, -0.2) is 9.59 Å². The molecule has 1 unspecified atom stereocenters. The lowest BCUT2D eigenvalue weighted by Gasteiger charge is -2.51. The predicted octanol–water partition coefficient (Wildman–Crippen LogP) is -10.6. The molecular formula is C40H65N5O27. The maximum atomic E-state index is 13.1. The molecule has 0 aromatic rings. The minimum Gasteiger partial charge on any atom is -0.477 e. The van der Waals surface area contributed by atoms with E-state index in [0.717, 1.165) is 34.6 Å². The van der Waals surface area contributed by atoms with Gasteiger partial charge in [-0.15, -0.1) is 0 Å². The van der Waals surface area contributed by atoms with E-state index in [1.165, 1.54) is 0 Å². The molecule has 32 heteroatoms. The fraction of sp³-hybridized carbons (Fsp3) is 0.825. The number of rotatable bonds is 21. The van der Waals surface area contributed by atoms with Gasteiger partial charge >= 0.3 is 11.9 Å². The van der Waals surface area contributed by atoms with Gasteiger partial charge in [0, 0.05) is 60.5 Å². The molecule has 72 heavy (non-hydrogen) atoms. The highest BCUT2D eigenvalue weighted by atomic mass is 16.8. The molecule has 0 aliphatic carbocycles. The molecule has 0 bridgehead atoms. The summed E-state index contributed by atoms with van der Waals surface area (Å²) < 4.78 is 39.6. The zero-order valence-corrected chi connectivity index (χ0v) is 39.3. The van der Waals surface area contributed by atoms with Gasteiger partial charge in [-0.3, -0.25) is 24.0 Å². The highest BCUT2D eigenvalue weighted by Gasteiger charge is 2.61. The van der Waals surface area contributed by atoms with Crippen LogP contribution >= 0.6 is 0 Å². The summed E-state index contributed by atoms with van der Waals surface area (Å²) in [6, 6.07) is -5.11. The van der Waals surface area contributed by atoms with Gasteiger partial charge in [0.1, 0.15) is 73.2 Å². The van der Waals surface area contributed by atoms with Gasteiger partial charge in [0.25, 0.3) is 11.6 Å². The number of aliphatic carboxylic acids is 2. The van der Waals surface area contributed by atoms with E-state index in [-0.39, 0.29) is 0 Å². The van der Waals surface area contributed by atoms with Crippen molar-refractivity contribution in [3.63, 3.8) is 0 Å². The fourth-order valence-corrected chi connectivity index (χ4v) is 8.57. The van der Waals surface area contributed by atoms with Crippen molar-refractivity contribution < 1.29 is 133 Å². The lowest BCUT2D eigenvalue weighted by atomic mass is 9.88. The monoisotopic (exact) mass is 1050 g/mol. The van der Waals surface area contributed by atoms with Crippen LogP contribution < -0.4 is 26.6 Å². The molecule has 4 aliphatic rings. The van der Waals surface area contributed by atoms with Gasteiger partial charge in [0.05, 0.1) is 49.7 Å². The van der Waals surface area contributed by atoms with E-state index in [0.29, 0.717) is 0 Å². The van der Waals surface area contributed by atoms with Crippen molar-refractivity contribution in [1.29, 1.82) is 0 Å². The number of carbonyl (C=O) groups is 7. The van der Waals surface area contributed by atoms with Gasteiger partial charge in [-0.2, -0.15) is 0 Å². The average Bonchev–Trinajstić information content (AvgIpc) is 3.29. The van der Waals surface area contributed by atoms with Crippen LogP contribution in [-0.2, 0) is 66.7 Å². The Morgan fingerprint density at radius 2 is 1.01 bits per heavy atom. The third-order valence-corrected chi connectivity index (χ3v) is 12.1. The number of ether oxygens (including phenoxy) is 7. The Labute approximate surface area is 408 Å². The summed E-state index contributed by atoms with van der Waals surface area (Å²) in [5.74, 6) is -14.1. The molecule has 4 heterocycles. The Balaban J connectivity index is 1.67. The second-order valence-corrected chi connectivity index (χ2v) is 17.7.